The molecule has 1 aromatic heterocycles. The van der Waals surface area contributed by atoms with Crippen LogP contribution in [0.2, 0.25) is 0 Å². The van der Waals surface area contributed by atoms with E-state index in [9.17, 15) is 4.79 Å². The zero-order valence-corrected chi connectivity index (χ0v) is 12.0. The predicted molar refractivity (Wildman–Crippen MR) is 76.1 cm³/mol. The van der Waals surface area contributed by atoms with Crippen LogP contribution in [0.5, 0.6) is 5.75 Å². The number of carbonyl (C=O) groups is 1. The lowest BCUT2D eigenvalue weighted by Gasteiger charge is -2.10. The number of nitrogens with one attached hydrogen (secondary N) is 2. The molecule has 7 heteroatoms. The number of para-hydroxylation sites is 1. The van der Waals surface area contributed by atoms with Crippen molar-refractivity contribution in [2.24, 2.45) is 0 Å². The van der Waals surface area contributed by atoms with E-state index in [4.69, 9.17) is 9.26 Å². The highest BCUT2D eigenvalue weighted by Gasteiger charge is 2.12. The van der Waals surface area contributed by atoms with Gasteiger partial charge in [-0.1, -0.05) is 17.3 Å². The van der Waals surface area contributed by atoms with Crippen molar-refractivity contribution in [2.75, 3.05) is 20.1 Å². The molecule has 2 rings (SSSR count). The normalized spacial score (nSPS) is 10.4. The van der Waals surface area contributed by atoms with E-state index in [1.165, 1.54) is 0 Å². The minimum atomic E-state index is -0.176. The maximum Gasteiger partial charge on any atom is 0.255 e. The molecule has 0 atom stereocenters. The van der Waals surface area contributed by atoms with E-state index < -0.39 is 0 Å². The van der Waals surface area contributed by atoms with Crippen LogP contribution in [0.4, 0.5) is 0 Å². The van der Waals surface area contributed by atoms with Gasteiger partial charge in [-0.3, -0.25) is 4.79 Å². The molecule has 0 bridgehead atoms. The summed E-state index contributed by atoms with van der Waals surface area (Å²) in [6.07, 6.45) is 0. The fourth-order valence-electron chi connectivity index (χ4n) is 1.72. The summed E-state index contributed by atoms with van der Waals surface area (Å²) in [5.74, 6) is 1.23. The first kappa shape index (κ1) is 15.0. The highest BCUT2D eigenvalue weighted by Crippen LogP contribution is 2.18. The Bertz CT molecular complexity index is 597. The van der Waals surface area contributed by atoms with Crippen LogP contribution in [-0.2, 0) is 6.61 Å². The number of carbonyl (C=O) groups excluding carboxylic acids is 1. The number of ether oxygens (including phenoxy) is 1. The smallest absolute Gasteiger partial charge is 0.255 e. The van der Waals surface area contributed by atoms with Crippen molar-refractivity contribution in [3.8, 4) is 5.75 Å². The maximum atomic E-state index is 12.1. The number of amides is 1. The summed E-state index contributed by atoms with van der Waals surface area (Å²) in [5.41, 5.74) is 0.480. The third kappa shape index (κ3) is 4.28. The predicted octanol–water partition coefficient (Wildman–Crippen LogP) is 0.906. The first-order chi connectivity index (χ1) is 10.2. The lowest BCUT2D eigenvalue weighted by atomic mass is 10.2. The fraction of sp³-hybridized carbons (Fsp3) is 0.357. The van der Waals surface area contributed by atoms with Gasteiger partial charge in [0.25, 0.3) is 5.91 Å². The molecule has 0 saturated heterocycles. The Balaban J connectivity index is 2.00. The van der Waals surface area contributed by atoms with Crippen LogP contribution in [0.1, 0.15) is 22.1 Å². The molecule has 7 nitrogen and oxygen atoms in total. The van der Waals surface area contributed by atoms with E-state index >= 15 is 0 Å². The van der Waals surface area contributed by atoms with E-state index in [0.717, 1.165) is 0 Å². The van der Waals surface area contributed by atoms with Gasteiger partial charge in [-0.05, 0) is 19.2 Å². The molecule has 0 unspecified atom stereocenters. The van der Waals surface area contributed by atoms with Gasteiger partial charge in [0, 0.05) is 20.0 Å². The highest BCUT2D eigenvalue weighted by molar-refractivity contribution is 5.96. The Kier molecular flexibility index (Phi) is 5.28. The van der Waals surface area contributed by atoms with Gasteiger partial charge < -0.3 is 19.9 Å². The van der Waals surface area contributed by atoms with Gasteiger partial charge in [-0.2, -0.15) is 4.98 Å². The number of likely N-dealkylation sites (N-methyl/N-ethyl adjacent to an activating group) is 1. The third-order valence-electron chi connectivity index (χ3n) is 2.72. The SMILES string of the molecule is CNCCNC(=O)c1ccccc1OCc1noc(C)n1. The van der Waals surface area contributed by atoms with Crippen LogP contribution in [-0.4, -0.2) is 36.2 Å². The monoisotopic (exact) mass is 290 g/mol. The Morgan fingerprint density at radius 1 is 1.33 bits per heavy atom. The summed E-state index contributed by atoms with van der Waals surface area (Å²) in [4.78, 5) is 16.1. The molecular weight excluding hydrogens is 272 g/mol. The average Bonchev–Trinajstić information content (AvgIpc) is 2.91. The van der Waals surface area contributed by atoms with Gasteiger partial charge in [-0.25, -0.2) is 0 Å². The van der Waals surface area contributed by atoms with E-state index in [1.807, 2.05) is 7.05 Å². The Hall–Kier alpha value is -2.41. The summed E-state index contributed by atoms with van der Waals surface area (Å²) in [6, 6.07) is 7.05. The Morgan fingerprint density at radius 2 is 2.14 bits per heavy atom. The van der Waals surface area contributed by atoms with Crippen molar-refractivity contribution in [1.29, 1.82) is 0 Å². The van der Waals surface area contributed by atoms with Crippen LogP contribution in [0, 0.1) is 6.92 Å². The molecular formula is C14H18N4O3. The number of hydrogen-bond donors (Lipinski definition) is 2. The van der Waals surface area contributed by atoms with E-state index in [0.29, 0.717) is 36.1 Å². The number of benzene rings is 1. The lowest BCUT2D eigenvalue weighted by Crippen LogP contribution is -2.30. The van der Waals surface area contributed by atoms with Crippen molar-refractivity contribution < 1.29 is 14.1 Å². The van der Waals surface area contributed by atoms with E-state index in [2.05, 4.69) is 20.8 Å². The highest BCUT2D eigenvalue weighted by atomic mass is 16.5. The summed E-state index contributed by atoms with van der Waals surface area (Å²) >= 11 is 0. The molecule has 0 radical (unpaired) electrons. The number of aromatic nitrogens is 2. The molecule has 2 N–H and O–H groups in total. The second kappa shape index (κ2) is 7.39. The van der Waals surface area contributed by atoms with Gasteiger partial charge in [0.1, 0.15) is 5.75 Å². The zero-order chi connectivity index (χ0) is 15.1. The van der Waals surface area contributed by atoms with Crippen LogP contribution >= 0.6 is 0 Å². The minimum Gasteiger partial charge on any atom is -0.485 e. The van der Waals surface area contributed by atoms with Gasteiger partial charge in [-0.15, -0.1) is 0 Å². The standard InChI is InChI=1S/C14H18N4O3/c1-10-17-13(18-21-10)9-20-12-6-4-3-5-11(12)14(19)16-8-7-15-2/h3-6,15H,7-9H2,1-2H3,(H,16,19). The van der Waals surface area contributed by atoms with E-state index in [-0.39, 0.29) is 12.5 Å². The first-order valence-electron chi connectivity index (χ1n) is 6.64. The zero-order valence-electron chi connectivity index (χ0n) is 12.0. The second-order valence-electron chi connectivity index (χ2n) is 4.37. The van der Waals surface area contributed by atoms with Crippen LogP contribution in [0.25, 0.3) is 0 Å². The molecule has 0 aliphatic heterocycles. The number of aryl methyl sites for hydroxylation is 1. The molecule has 21 heavy (non-hydrogen) atoms. The molecule has 0 aliphatic rings. The summed E-state index contributed by atoms with van der Waals surface area (Å²) in [6.45, 7) is 3.11. The molecule has 2 aromatic rings. The number of rotatable bonds is 7. The van der Waals surface area contributed by atoms with E-state index in [1.54, 1.807) is 31.2 Å². The van der Waals surface area contributed by atoms with Crippen molar-refractivity contribution in [3.63, 3.8) is 0 Å². The summed E-state index contributed by atoms with van der Waals surface area (Å²) in [7, 11) is 1.83. The molecule has 1 amide bonds. The van der Waals surface area contributed by atoms with Crippen LogP contribution in [0.15, 0.2) is 28.8 Å². The molecule has 0 spiro atoms. The van der Waals surface area contributed by atoms with Gasteiger partial charge in [0.05, 0.1) is 5.56 Å². The van der Waals surface area contributed by atoms with Crippen molar-refractivity contribution in [1.82, 2.24) is 20.8 Å². The summed E-state index contributed by atoms with van der Waals surface area (Å²) in [5, 5.41) is 9.52. The Morgan fingerprint density at radius 3 is 2.86 bits per heavy atom. The van der Waals surface area contributed by atoms with Gasteiger partial charge in [0.15, 0.2) is 6.61 Å². The molecule has 112 valence electrons. The minimum absolute atomic E-state index is 0.151. The second-order valence-corrected chi connectivity index (χ2v) is 4.37. The number of hydrogen-bond acceptors (Lipinski definition) is 6. The molecule has 0 aliphatic carbocycles. The quantitative estimate of drug-likeness (QED) is 0.737. The average molecular weight is 290 g/mol. The van der Waals surface area contributed by atoms with Gasteiger partial charge in [0.2, 0.25) is 11.7 Å². The topological polar surface area (TPSA) is 89.3 Å². The Labute approximate surface area is 122 Å². The van der Waals surface area contributed by atoms with Crippen LogP contribution in [0.3, 0.4) is 0 Å². The molecule has 0 fully saturated rings. The maximum absolute atomic E-state index is 12.1. The molecule has 1 heterocycles. The third-order valence-corrected chi connectivity index (χ3v) is 2.72. The largest absolute Gasteiger partial charge is 0.485 e. The molecule has 0 saturated carbocycles. The van der Waals surface area contributed by atoms with Crippen LogP contribution < -0.4 is 15.4 Å². The molecule has 1 aromatic carbocycles. The van der Waals surface area contributed by atoms with Crippen molar-refractivity contribution in [2.45, 2.75) is 13.5 Å². The van der Waals surface area contributed by atoms with Crippen molar-refractivity contribution in [3.05, 3.63) is 41.5 Å². The lowest BCUT2D eigenvalue weighted by molar-refractivity contribution is 0.0949. The fourth-order valence-corrected chi connectivity index (χ4v) is 1.72. The van der Waals surface area contributed by atoms with Gasteiger partial charge >= 0.3 is 0 Å². The number of nitrogens with zero attached hydrogens (tertiary/aromatic N) is 2. The van der Waals surface area contributed by atoms with Crippen molar-refractivity contribution >= 4 is 5.91 Å². The first-order valence-corrected chi connectivity index (χ1v) is 6.64. The summed E-state index contributed by atoms with van der Waals surface area (Å²) < 4.78 is 10.5.